The number of hydrogen-bond donors (Lipinski definition) is 3. The molecule has 0 amide bonds. The first kappa shape index (κ1) is 20.8. The van der Waals surface area contributed by atoms with Crippen molar-refractivity contribution < 1.29 is 14.5 Å². The van der Waals surface area contributed by atoms with Crippen LogP contribution in [0.25, 0.3) is 0 Å². The van der Waals surface area contributed by atoms with Gasteiger partial charge >= 0.3 is 0 Å². The first-order chi connectivity index (χ1) is 13.0. The van der Waals surface area contributed by atoms with E-state index in [-0.39, 0.29) is 0 Å². The van der Waals surface area contributed by atoms with Crippen LogP contribution in [0.3, 0.4) is 0 Å². The minimum Gasteiger partial charge on any atom is -0.370 e. The van der Waals surface area contributed by atoms with Gasteiger partial charge in [-0.05, 0) is 36.8 Å². The molecule has 2 heterocycles. The number of likely N-dealkylation sites (tertiary alicyclic amines) is 1. The third-order valence-corrected chi connectivity index (χ3v) is 6.83. The number of quaternary nitrogens is 2. The van der Waals surface area contributed by atoms with Gasteiger partial charge in [0.2, 0.25) is 0 Å². The van der Waals surface area contributed by atoms with Crippen molar-refractivity contribution in [3.8, 4) is 0 Å². The van der Waals surface area contributed by atoms with Crippen LogP contribution in [0.15, 0.2) is 18.2 Å². The van der Waals surface area contributed by atoms with Crippen molar-refractivity contribution in [1.29, 1.82) is 0 Å². The molecule has 0 aromatic heterocycles. The van der Waals surface area contributed by atoms with E-state index in [2.05, 4.69) is 17.3 Å². The Kier molecular flexibility index (Phi) is 7.73. The number of thiocarbonyl (C=S) groups is 1. The van der Waals surface area contributed by atoms with Gasteiger partial charge in [-0.1, -0.05) is 17.7 Å². The van der Waals surface area contributed by atoms with Crippen molar-refractivity contribution in [2.75, 3.05) is 64.8 Å². The van der Waals surface area contributed by atoms with Crippen molar-refractivity contribution in [2.45, 2.75) is 25.8 Å². The average molecular weight is 413 g/mol. The van der Waals surface area contributed by atoms with Crippen LogP contribution in [0.1, 0.15) is 18.4 Å². The number of morpholine rings is 1. The molecule has 1 aromatic carbocycles. The van der Waals surface area contributed by atoms with E-state index in [1.165, 1.54) is 25.9 Å². The molecule has 1 aromatic rings. The van der Waals surface area contributed by atoms with Gasteiger partial charge in [0.05, 0.1) is 26.3 Å². The number of halogens is 1. The quantitative estimate of drug-likeness (QED) is 0.605. The third kappa shape index (κ3) is 5.78. The zero-order valence-electron chi connectivity index (χ0n) is 16.5. The molecule has 0 spiro atoms. The monoisotopic (exact) mass is 412 g/mol. The van der Waals surface area contributed by atoms with E-state index in [4.69, 9.17) is 28.6 Å². The fourth-order valence-electron chi connectivity index (χ4n) is 4.00. The van der Waals surface area contributed by atoms with Crippen LogP contribution in [0, 0.1) is 6.92 Å². The van der Waals surface area contributed by atoms with Gasteiger partial charge in [0.1, 0.15) is 26.2 Å². The Morgan fingerprint density at radius 3 is 2.74 bits per heavy atom. The highest BCUT2D eigenvalue weighted by Gasteiger charge is 2.27. The largest absolute Gasteiger partial charge is 0.370 e. The van der Waals surface area contributed by atoms with Crippen LogP contribution in [0.5, 0.6) is 0 Å². The van der Waals surface area contributed by atoms with E-state index >= 15 is 0 Å². The van der Waals surface area contributed by atoms with Gasteiger partial charge in [-0.15, -0.1) is 0 Å². The minimum atomic E-state index is 0.734. The molecule has 2 fully saturated rings. The summed E-state index contributed by atoms with van der Waals surface area (Å²) in [5.74, 6) is 0. The van der Waals surface area contributed by atoms with E-state index < -0.39 is 0 Å². The maximum absolute atomic E-state index is 6.21. The number of piperidine rings is 1. The van der Waals surface area contributed by atoms with Crippen LogP contribution in [0.4, 0.5) is 5.69 Å². The summed E-state index contributed by atoms with van der Waals surface area (Å²) in [5, 5.41) is 4.97. The average Bonchev–Trinajstić information content (AvgIpc) is 2.70. The lowest BCUT2D eigenvalue weighted by molar-refractivity contribution is -0.964. The molecule has 1 unspecified atom stereocenters. The van der Waals surface area contributed by atoms with Crippen molar-refractivity contribution in [3.05, 3.63) is 28.8 Å². The summed E-state index contributed by atoms with van der Waals surface area (Å²) < 4.78 is 5.45. The predicted octanol–water partition coefficient (Wildman–Crippen LogP) is 0.239. The zero-order chi connectivity index (χ0) is 19.2. The van der Waals surface area contributed by atoms with Gasteiger partial charge in [0.15, 0.2) is 5.11 Å². The van der Waals surface area contributed by atoms with E-state index in [0.717, 1.165) is 66.8 Å². The highest BCUT2D eigenvalue weighted by Crippen LogP contribution is 2.23. The Bertz CT molecular complexity index is 630. The Morgan fingerprint density at radius 1 is 1.33 bits per heavy atom. The van der Waals surface area contributed by atoms with E-state index in [9.17, 15) is 0 Å². The second kappa shape index (κ2) is 10.0. The molecule has 150 valence electrons. The lowest BCUT2D eigenvalue weighted by Crippen LogP contribution is -3.21. The maximum Gasteiger partial charge on any atom is 0.173 e. The van der Waals surface area contributed by atoms with Crippen LogP contribution >= 0.6 is 23.8 Å². The second-order valence-electron chi connectivity index (χ2n) is 7.81. The SMILES string of the molecule is Cc1c(Cl)cccc1NC(=S)N1CCC([NH+](C)CC[NH+]2CCOCC2)CC1. The number of hydrogen-bond acceptors (Lipinski definition) is 2. The highest BCUT2D eigenvalue weighted by molar-refractivity contribution is 7.80. The summed E-state index contributed by atoms with van der Waals surface area (Å²) in [6, 6.07) is 6.64. The highest BCUT2D eigenvalue weighted by atomic mass is 35.5. The van der Waals surface area contributed by atoms with Crippen LogP contribution < -0.4 is 15.1 Å². The van der Waals surface area contributed by atoms with Crippen molar-refractivity contribution in [2.24, 2.45) is 0 Å². The van der Waals surface area contributed by atoms with Gasteiger partial charge in [-0.25, -0.2) is 0 Å². The van der Waals surface area contributed by atoms with Gasteiger partial charge in [0, 0.05) is 36.6 Å². The van der Waals surface area contributed by atoms with Crippen LogP contribution in [-0.4, -0.2) is 75.6 Å². The van der Waals surface area contributed by atoms with Gasteiger partial charge in [-0.2, -0.15) is 0 Å². The molecular weight excluding hydrogens is 380 g/mol. The van der Waals surface area contributed by atoms with E-state index in [1.54, 1.807) is 9.80 Å². The smallest absolute Gasteiger partial charge is 0.173 e. The Balaban J connectivity index is 1.42. The van der Waals surface area contributed by atoms with E-state index in [0.29, 0.717) is 0 Å². The lowest BCUT2D eigenvalue weighted by atomic mass is 10.0. The molecule has 7 heteroatoms. The molecular formula is C20H33ClN4OS+2. The zero-order valence-corrected chi connectivity index (χ0v) is 18.1. The fraction of sp³-hybridized carbons (Fsp3) is 0.650. The summed E-state index contributed by atoms with van der Waals surface area (Å²) >= 11 is 11.9. The summed E-state index contributed by atoms with van der Waals surface area (Å²) in [4.78, 5) is 5.66. The molecule has 3 N–H and O–H groups in total. The summed E-state index contributed by atoms with van der Waals surface area (Å²) in [7, 11) is 2.35. The molecule has 3 rings (SSSR count). The number of nitrogens with zero attached hydrogens (tertiary/aromatic N) is 1. The third-order valence-electron chi connectivity index (χ3n) is 6.06. The molecule has 1 atom stereocenters. The van der Waals surface area contributed by atoms with Gasteiger partial charge < -0.3 is 24.8 Å². The molecule has 2 aliphatic rings. The topological polar surface area (TPSA) is 33.4 Å². The molecule has 27 heavy (non-hydrogen) atoms. The number of likely N-dealkylation sites (N-methyl/N-ethyl adjacent to an activating group) is 1. The molecule has 2 aliphatic heterocycles. The Hall–Kier alpha value is -0.920. The molecule has 0 radical (unpaired) electrons. The maximum atomic E-state index is 6.21. The molecule has 5 nitrogen and oxygen atoms in total. The number of anilines is 1. The van der Waals surface area contributed by atoms with Crippen LogP contribution in [-0.2, 0) is 4.74 Å². The Morgan fingerprint density at radius 2 is 2.04 bits per heavy atom. The fourth-order valence-corrected chi connectivity index (χ4v) is 4.47. The normalized spacial score (nSPS) is 20.5. The van der Waals surface area contributed by atoms with Crippen molar-refractivity contribution >= 4 is 34.6 Å². The predicted molar refractivity (Wildman–Crippen MR) is 115 cm³/mol. The summed E-state index contributed by atoms with van der Waals surface area (Å²) in [6.45, 7) is 10.7. The molecule has 2 saturated heterocycles. The molecule has 0 saturated carbocycles. The van der Waals surface area contributed by atoms with Crippen molar-refractivity contribution in [1.82, 2.24) is 4.90 Å². The first-order valence-corrected chi connectivity index (χ1v) is 10.9. The molecule has 0 aliphatic carbocycles. The summed E-state index contributed by atoms with van der Waals surface area (Å²) in [5.41, 5.74) is 2.05. The second-order valence-corrected chi connectivity index (χ2v) is 8.61. The molecule has 0 bridgehead atoms. The van der Waals surface area contributed by atoms with Gasteiger partial charge in [-0.3, -0.25) is 0 Å². The number of ether oxygens (including phenoxy) is 1. The van der Waals surface area contributed by atoms with E-state index in [1.807, 2.05) is 25.1 Å². The van der Waals surface area contributed by atoms with Crippen molar-refractivity contribution in [3.63, 3.8) is 0 Å². The van der Waals surface area contributed by atoms with Gasteiger partial charge in [0.25, 0.3) is 0 Å². The first-order valence-electron chi connectivity index (χ1n) is 10.1. The standard InChI is InChI=1S/C20H31ClN4OS/c1-16-18(21)4-3-5-19(16)22-20(27)25-8-6-17(7-9-25)23(2)10-11-24-12-14-26-15-13-24/h3-5,17H,6-15H2,1-2H3,(H,22,27)/p+2. The Labute approximate surface area is 173 Å². The van der Waals surface area contributed by atoms with Crippen LogP contribution in [0.2, 0.25) is 5.02 Å². The minimum absolute atomic E-state index is 0.734. The summed E-state index contributed by atoms with van der Waals surface area (Å²) in [6.07, 6.45) is 2.39. The number of rotatable bonds is 5. The lowest BCUT2D eigenvalue weighted by Gasteiger charge is -2.36. The number of nitrogens with one attached hydrogen (secondary N) is 3. The number of benzene rings is 1.